The molecule has 100 valence electrons. The van der Waals surface area contributed by atoms with Gasteiger partial charge in [0.05, 0.1) is 0 Å². The molecule has 1 aromatic rings. The van der Waals surface area contributed by atoms with Gasteiger partial charge < -0.3 is 15.4 Å². The highest BCUT2D eigenvalue weighted by Crippen LogP contribution is 2.16. The number of likely N-dealkylation sites (N-methyl/N-ethyl adjacent to an activating group) is 1. The Kier molecular flexibility index (Phi) is 5.65. The van der Waals surface area contributed by atoms with Crippen LogP contribution in [0.1, 0.15) is 19.4 Å². The maximum absolute atomic E-state index is 11.8. The summed E-state index contributed by atoms with van der Waals surface area (Å²) in [7, 11) is 1.79. The molecule has 18 heavy (non-hydrogen) atoms. The highest BCUT2D eigenvalue weighted by atomic mass is 16.5. The van der Waals surface area contributed by atoms with Gasteiger partial charge in [0.25, 0.3) is 5.91 Å². The van der Waals surface area contributed by atoms with Crippen molar-refractivity contribution >= 4 is 5.91 Å². The molecule has 0 radical (unpaired) electrons. The molecule has 0 bridgehead atoms. The number of ether oxygens (including phenoxy) is 1. The molecule has 2 N–H and O–H groups in total. The molecule has 4 heteroatoms. The summed E-state index contributed by atoms with van der Waals surface area (Å²) < 4.78 is 5.52. The van der Waals surface area contributed by atoms with E-state index in [1.807, 2.05) is 24.3 Å². The van der Waals surface area contributed by atoms with Crippen LogP contribution in [0.4, 0.5) is 0 Å². The second-order valence-electron chi connectivity index (χ2n) is 4.77. The molecular weight excluding hydrogens is 228 g/mol. The SMILES string of the molecule is CC(C)CN(C)C(=O)COc1ccccc1CN. The minimum absolute atomic E-state index is 0.0180. The lowest BCUT2D eigenvalue weighted by molar-refractivity contribution is -0.132. The van der Waals surface area contributed by atoms with Gasteiger partial charge >= 0.3 is 0 Å². The van der Waals surface area contributed by atoms with Crippen molar-refractivity contribution < 1.29 is 9.53 Å². The molecule has 1 rings (SSSR count). The van der Waals surface area contributed by atoms with E-state index in [1.54, 1.807) is 11.9 Å². The molecule has 0 aliphatic rings. The van der Waals surface area contributed by atoms with E-state index in [2.05, 4.69) is 13.8 Å². The Labute approximate surface area is 109 Å². The van der Waals surface area contributed by atoms with Crippen LogP contribution in [0.3, 0.4) is 0 Å². The number of nitrogens with zero attached hydrogens (tertiary/aromatic N) is 1. The summed E-state index contributed by atoms with van der Waals surface area (Å²) in [5, 5.41) is 0. The Morgan fingerprint density at radius 2 is 2.06 bits per heavy atom. The highest BCUT2D eigenvalue weighted by molar-refractivity contribution is 5.77. The van der Waals surface area contributed by atoms with E-state index < -0.39 is 0 Å². The molecule has 4 nitrogen and oxygen atoms in total. The van der Waals surface area contributed by atoms with Crippen molar-refractivity contribution in [1.29, 1.82) is 0 Å². The molecule has 0 aliphatic carbocycles. The fourth-order valence-corrected chi connectivity index (χ4v) is 1.71. The van der Waals surface area contributed by atoms with Crippen molar-refractivity contribution in [1.82, 2.24) is 4.90 Å². The van der Waals surface area contributed by atoms with Gasteiger partial charge in [0, 0.05) is 25.7 Å². The summed E-state index contributed by atoms with van der Waals surface area (Å²) in [4.78, 5) is 13.5. The first kappa shape index (κ1) is 14.5. The monoisotopic (exact) mass is 250 g/mol. The standard InChI is InChI=1S/C14H22N2O2/c1-11(2)9-16(3)14(17)10-18-13-7-5-4-6-12(13)8-15/h4-7,11H,8-10,15H2,1-3H3. The average Bonchev–Trinajstić information content (AvgIpc) is 2.35. The Morgan fingerprint density at radius 1 is 1.39 bits per heavy atom. The summed E-state index contributed by atoms with van der Waals surface area (Å²) in [5.41, 5.74) is 6.52. The zero-order chi connectivity index (χ0) is 13.5. The second kappa shape index (κ2) is 7.01. The fraction of sp³-hybridized carbons (Fsp3) is 0.500. The summed E-state index contributed by atoms with van der Waals surface area (Å²) in [5.74, 6) is 1.12. The molecule has 0 unspecified atom stereocenters. The normalized spacial score (nSPS) is 10.5. The highest BCUT2D eigenvalue weighted by Gasteiger charge is 2.11. The maximum atomic E-state index is 11.8. The van der Waals surface area contributed by atoms with Gasteiger partial charge in [0.15, 0.2) is 6.61 Å². The van der Waals surface area contributed by atoms with Crippen molar-refractivity contribution in [2.75, 3.05) is 20.2 Å². The molecule has 0 aromatic heterocycles. The quantitative estimate of drug-likeness (QED) is 0.835. The third-order valence-corrected chi connectivity index (χ3v) is 2.61. The van der Waals surface area contributed by atoms with Crippen LogP contribution in [0.5, 0.6) is 5.75 Å². The predicted octanol–water partition coefficient (Wildman–Crippen LogP) is 1.64. The van der Waals surface area contributed by atoms with Gasteiger partial charge in [-0.25, -0.2) is 0 Å². The maximum Gasteiger partial charge on any atom is 0.260 e. The van der Waals surface area contributed by atoms with E-state index in [4.69, 9.17) is 10.5 Å². The Morgan fingerprint density at radius 3 is 2.67 bits per heavy atom. The van der Waals surface area contributed by atoms with E-state index in [1.165, 1.54) is 0 Å². The van der Waals surface area contributed by atoms with Crippen LogP contribution in [0.15, 0.2) is 24.3 Å². The van der Waals surface area contributed by atoms with Gasteiger partial charge in [0.1, 0.15) is 5.75 Å². The number of carbonyl (C=O) groups excluding carboxylic acids is 1. The van der Waals surface area contributed by atoms with Crippen molar-refractivity contribution in [2.45, 2.75) is 20.4 Å². The lowest BCUT2D eigenvalue weighted by atomic mass is 10.2. The van der Waals surface area contributed by atoms with E-state index in [0.717, 1.165) is 12.1 Å². The number of benzene rings is 1. The average molecular weight is 250 g/mol. The summed E-state index contributed by atoms with van der Waals surface area (Å²) in [6, 6.07) is 7.51. The number of amides is 1. The number of nitrogens with two attached hydrogens (primary N) is 1. The van der Waals surface area contributed by atoms with Gasteiger partial charge in [-0.2, -0.15) is 0 Å². The molecule has 1 amide bonds. The van der Waals surface area contributed by atoms with Crippen LogP contribution < -0.4 is 10.5 Å². The zero-order valence-corrected chi connectivity index (χ0v) is 11.3. The fourth-order valence-electron chi connectivity index (χ4n) is 1.71. The summed E-state index contributed by atoms with van der Waals surface area (Å²) >= 11 is 0. The molecule has 1 aromatic carbocycles. The summed E-state index contributed by atoms with van der Waals surface area (Å²) in [6.07, 6.45) is 0. The molecule has 0 aliphatic heterocycles. The van der Waals surface area contributed by atoms with E-state index in [-0.39, 0.29) is 12.5 Å². The topological polar surface area (TPSA) is 55.6 Å². The number of para-hydroxylation sites is 1. The van der Waals surface area contributed by atoms with Crippen LogP contribution in [0.2, 0.25) is 0 Å². The van der Waals surface area contributed by atoms with Crippen molar-refractivity contribution in [3.63, 3.8) is 0 Å². The van der Waals surface area contributed by atoms with Gasteiger partial charge in [-0.1, -0.05) is 32.0 Å². The van der Waals surface area contributed by atoms with Gasteiger partial charge in [-0.3, -0.25) is 4.79 Å². The van der Waals surface area contributed by atoms with Crippen molar-refractivity contribution in [3.8, 4) is 5.75 Å². The van der Waals surface area contributed by atoms with Crippen LogP contribution in [-0.4, -0.2) is 31.0 Å². The molecule has 0 spiro atoms. The predicted molar refractivity (Wildman–Crippen MR) is 72.3 cm³/mol. The first-order valence-electron chi connectivity index (χ1n) is 6.19. The molecular formula is C14H22N2O2. The van der Waals surface area contributed by atoms with Gasteiger partial charge in [-0.15, -0.1) is 0 Å². The lowest BCUT2D eigenvalue weighted by Gasteiger charge is -2.19. The van der Waals surface area contributed by atoms with Crippen LogP contribution in [0.25, 0.3) is 0 Å². The van der Waals surface area contributed by atoms with Crippen LogP contribution >= 0.6 is 0 Å². The Bertz CT molecular complexity index is 391. The first-order chi connectivity index (χ1) is 8.54. The minimum Gasteiger partial charge on any atom is -0.483 e. The van der Waals surface area contributed by atoms with Crippen molar-refractivity contribution in [2.24, 2.45) is 11.7 Å². The number of hydrogen-bond acceptors (Lipinski definition) is 3. The van der Waals surface area contributed by atoms with Gasteiger partial charge in [-0.05, 0) is 12.0 Å². The van der Waals surface area contributed by atoms with Crippen LogP contribution in [0, 0.1) is 5.92 Å². The molecule has 0 saturated heterocycles. The number of hydrogen-bond donors (Lipinski definition) is 1. The molecule has 0 saturated carbocycles. The molecule has 0 atom stereocenters. The first-order valence-corrected chi connectivity index (χ1v) is 6.19. The van der Waals surface area contributed by atoms with E-state index in [0.29, 0.717) is 18.2 Å². The Hall–Kier alpha value is -1.55. The smallest absolute Gasteiger partial charge is 0.260 e. The van der Waals surface area contributed by atoms with E-state index >= 15 is 0 Å². The minimum atomic E-state index is -0.0180. The molecule has 0 fully saturated rings. The number of rotatable bonds is 6. The largest absolute Gasteiger partial charge is 0.483 e. The van der Waals surface area contributed by atoms with Crippen molar-refractivity contribution in [3.05, 3.63) is 29.8 Å². The second-order valence-corrected chi connectivity index (χ2v) is 4.77. The third-order valence-electron chi connectivity index (χ3n) is 2.61. The number of carbonyl (C=O) groups is 1. The summed E-state index contributed by atoms with van der Waals surface area (Å²) in [6.45, 7) is 5.36. The van der Waals surface area contributed by atoms with Crippen LogP contribution in [-0.2, 0) is 11.3 Å². The van der Waals surface area contributed by atoms with E-state index in [9.17, 15) is 4.79 Å². The third kappa shape index (κ3) is 4.37. The lowest BCUT2D eigenvalue weighted by Crippen LogP contribution is -2.34. The van der Waals surface area contributed by atoms with Gasteiger partial charge in [0.2, 0.25) is 0 Å². The zero-order valence-electron chi connectivity index (χ0n) is 11.3. The molecule has 0 heterocycles. The Balaban J connectivity index is 2.52.